The van der Waals surface area contributed by atoms with Crippen LogP contribution in [0.1, 0.15) is 20.3 Å². The second kappa shape index (κ2) is 8.17. The third kappa shape index (κ3) is 5.50. The summed E-state index contributed by atoms with van der Waals surface area (Å²) < 4.78 is 5.89. The third-order valence-electron chi connectivity index (χ3n) is 3.31. The highest BCUT2D eigenvalue weighted by Gasteiger charge is 2.27. The van der Waals surface area contributed by atoms with Gasteiger partial charge in [0.2, 0.25) is 0 Å². The predicted octanol–water partition coefficient (Wildman–Crippen LogP) is 2.99. The summed E-state index contributed by atoms with van der Waals surface area (Å²) in [5.41, 5.74) is 0. The summed E-state index contributed by atoms with van der Waals surface area (Å²) in [6.45, 7) is 6.48. The molecule has 2 rings (SSSR count). The van der Waals surface area contributed by atoms with Crippen LogP contribution in [0.25, 0.3) is 0 Å². The summed E-state index contributed by atoms with van der Waals surface area (Å²) in [5, 5.41) is 3.58. The molecule has 21 heavy (non-hydrogen) atoms. The van der Waals surface area contributed by atoms with Crippen LogP contribution in [0, 0.1) is 0 Å². The van der Waals surface area contributed by atoms with Crippen molar-refractivity contribution < 1.29 is 9.53 Å². The predicted molar refractivity (Wildman–Crippen MR) is 88.0 cm³/mol. The Morgan fingerprint density at radius 1 is 1.43 bits per heavy atom. The van der Waals surface area contributed by atoms with E-state index in [2.05, 4.69) is 19.2 Å². The number of hydrogen-bond donors (Lipinski definition) is 1. The Morgan fingerprint density at radius 3 is 2.90 bits per heavy atom. The Hall–Kier alpha value is -1.36. The maximum Gasteiger partial charge on any atom is 0.317 e. The van der Waals surface area contributed by atoms with Crippen molar-refractivity contribution in [1.29, 1.82) is 0 Å². The van der Waals surface area contributed by atoms with Gasteiger partial charge in [-0.1, -0.05) is 32.0 Å². The van der Waals surface area contributed by atoms with E-state index in [1.54, 1.807) is 0 Å². The highest BCUT2D eigenvalue weighted by atomic mass is 32.2. The fourth-order valence-corrected chi connectivity index (χ4v) is 2.96. The summed E-state index contributed by atoms with van der Waals surface area (Å²) in [6, 6.07) is 9.81. The fraction of sp³-hybridized carbons (Fsp3) is 0.562. The van der Waals surface area contributed by atoms with Gasteiger partial charge in [-0.25, -0.2) is 4.79 Å². The molecule has 1 heterocycles. The summed E-state index contributed by atoms with van der Waals surface area (Å²) in [5.74, 6) is 1.83. The molecule has 1 aliphatic rings. The molecule has 1 aromatic rings. The highest BCUT2D eigenvalue weighted by molar-refractivity contribution is 7.99. The minimum absolute atomic E-state index is 0.0264. The van der Waals surface area contributed by atoms with Crippen LogP contribution in [0.5, 0.6) is 5.75 Å². The molecule has 1 atom stereocenters. The minimum atomic E-state index is 0.0264. The number of para-hydroxylation sites is 1. The number of carbonyl (C=O) groups is 1. The van der Waals surface area contributed by atoms with E-state index >= 15 is 0 Å². The highest BCUT2D eigenvalue weighted by Crippen LogP contribution is 2.18. The molecule has 0 saturated carbocycles. The van der Waals surface area contributed by atoms with Crippen LogP contribution in [0.2, 0.25) is 0 Å². The molecule has 2 amide bonds. The van der Waals surface area contributed by atoms with Gasteiger partial charge in [0.05, 0.1) is 6.54 Å². The average molecular weight is 308 g/mol. The molecule has 1 fully saturated rings. The Balaban J connectivity index is 1.68. The topological polar surface area (TPSA) is 41.6 Å². The van der Waals surface area contributed by atoms with Gasteiger partial charge in [-0.15, -0.1) is 0 Å². The van der Waals surface area contributed by atoms with Crippen LogP contribution in [0.15, 0.2) is 30.3 Å². The van der Waals surface area contributed by atoms with Gasteiger partial charge in [0, 0.05) is 25.3 Å². The molecule has 1 aliphatic heterocycles. The first kappa shape index (κ1) is 16.0. The van der Waals surface area contributed by atoms with Gasteiger partial charge >= 0.3 is 6.03 Å². The van der Waals surface area contributed by atoms with Crippen molar-refractivity contribution in [3.05, 3.63) is 30.3 Å². The van der Waals surface area contributed by atoms with Crippen LogP contribution in [0.3, 0.4) is 0 Å². The van der Waals surface area contributed by atoms with Gasteiger partial charge in [0.1, 0.15) is 11.9 Å². The van der Waals surface area contributed by atoms with Crippen molar-refractivity contribution >= 4 is 17.8 Å². The smallest absolute Gasteiger partial charge is 0.317 e. The quantitative estimate of drug-likeness (QED) is 0.822. The van der Waals surface area contributed by atoms with Gasteiger partial charge in [-0.3, -0.25) is 0 Å². The number of nitrogens with one attached hydrogen (secondary N) is 1. The lowest BCUT2D eigenvalue weighted by Gasteiger charge is -2.18. The normalized spacial score (nSPS) is 18.0. The molecule has 0 aromatic heterocycles. The van der Waals surface area contributed by atoms with Crippen LogP contribution in [0.4, 0.5) is 4.79 Å². The lowest BCUT2D eigenvalue weighted by molar-refractivity contribution is 0.187. The molecule has 4 nitrogen and oxygen atoms in total. The molecule has 1 saturated heterocycles. The molecular formula is C16H24N2O2S. The zero-order valence-corrected chi connectivity index (χ0v) is 13.6. The van der Waals surface area contributed by atoms with E-state index in [-0.39, 0.29) is 12.1 Å². The summed E-state index contributed by atoms with van der Waals surface area (Å²) >= 11 is 1.86. The molecule has 0 spiro atoms. The Labute approximate surface area is 131 Å². The van der Waals surface area contributed by atoms with Gasteiger partial charge in [0.15, 0.2) is 0 Å². The number of likely N-dealkylation sites (tertiary alicyclic amines) is 1. The van der Waals surface area contributed by atoms with E-state index in [0.29, 0.717) is 11.8 Å². The van der Waals surface area contributed by atoms with Crippen molar-refractivity contribution in [2.24, 2.45) is 0 Å². The van der Waals surface area contributed by atoms with Gasteiger partial charge < -0.3 is 15.0 Å². The Morgan fingerprint density at radius 2 is 2.19 bits per heavy atom. The van der Waals surface area contributed by atoms with E-state index in [4.69, 9.17) is 4.74 Å². The van der Waals surface area contributed by atoms with Gasteiger partial charge in [0.25, 0.3) is 0 Å². The molecule has 0 bridgehead atoms. The number of benzene rings is 1. The number of amides is 2. The third-order valence-corrected chi connectivity index (χ3v) is 4.41. The molecule has 0 aliphatic carbocycles. The second-order valence-electron chi connectivity index (χ2n) is 5.44. The lowest BCUT2D eigenvalue weighted by atomic mass is 10.3. The molecule has 1 N–H and O–H groups in total. The van der Waals surface area contributed by atoms with Crippen LogP contribution < -0.4 is 10.1 Å². The van der Waals surface area contributed by atoms with E-state index in [0.717, 1.165) is 31.0 Å². The minimum Gasteiger partial charge on any atom is -0.489 e. The Bertz CT molecular complexity index is 439. The maximum absolute atomic E-state index is 12.0. The summed E-state index contributed by atoms with van der Waals surface area (Å²) in [6.07, 6.45) is 0.992. The van der Waals surface area contributed by atoms with Crippen molar-refractivity contribution in [3.63, 3.8) is 0 Å². The summed E-state index contributed by atoms with van der Waals surface area (Å²) in [4.78, 5) is 13.9. The number of hydrogen-bond acceptors (Lipinski definition) is 3. The summed E-state index contributed by atoms with van der Waals surface area (Å²) in [7, 11) is 0. The monoisotopic (exact) mass is 308 g/mol. The maximum atomic E-state index is 12.0. The standard InChI is InChI=1S/C16H24N2O2S/c1-13(2)21-11-9-17-16(19)18-10-8-15(12-18)20-14-6-4-3-5-7-14/h3-7,13,15H,8-12H2,1-2H3,(H,17,19). The molecule has 5 heteroatoms. The second-order valence-corrected chi connectivity index (χ2v) is 7.12. The van der Waals surface area contributed by atoms with Crippen molar-refractivity contribution in [3.8, 4) is 5.75 Å². The van der Waals surface area contributed by atoms with Crippen molar-refractivity contribution in [2.75, 3.05) is 25.4 Å². The molecular weight excluding hydrogens is 284 g/mol. The molecule has 0 radical (unpaired) electrons. The van der Waals surface area contributed by atoms with Crippen LogP contribution >= 0.6 is 11.8 Å². The van der Waals surface area contributed by atoms with Crippen LogP contribution in [-0.4, -0.2) is 47.7 Å². The first-order valence-electron chi connectivity index (χ1n) is 7.51. The largest absolute Gasteiger partial charge is 0.489 e. The number of thioether (sulfide) groups is 1. The van der Waals surface area contributed by atoms with Crippen molar-refractivity contribution in [1.82, 2.24) is 10.2 Å². The van der Waals surface area contributed by atoms with Crippen LogP contribution in [-0.2, 0) is 0 Å². The van der Waals surface area contributed by atoms with Gasteiger partial charge in [-0.2, -0.15) is 11.8 Å². The fourth-order valence-electron chi connectivity index (χ4n) is 2.26. The molecule has 1 aromatic carbocycles. The number of urea groups is 1. The lowest BCUT2D eigenvalue weighted by Crippen LogP contribution is -2.40. The Kier molecular flexibility index (Phi) is 6.23. The zero-order valence-electron chi connectivity index (χ0n) is 12.7. The first-order chi connectivity index (χ1) is 10.1. The molecule has 1 unspecified atom stereocenters. The van der Waals surface area contributed by atoms with E-state index in [9.17, 15) is 4.79 Å². The van der Waals surface area contributed by atoms with E-state index in [1.807, 2.05) is 47.0 Å². The number of ether oxygens (including phenoxy) is 1. The first-order valence-corrected chi connectivity index (χ1v) is 8.56. The SMILES string of the molecule is CC(C)SCCNC(=O)N1CCC(Oc2ccccc2)C1. The number of rotatable bonds is 6. The number of nitrogens with zero attached hydrogens (tertiary/aromatic N) is 1. The average Bonchev–Trinajstić information content (AvgIpc) is 2.93. The van der Waals surface area contributed by atoms with E-state index in [1.165, 1.54) is 0 Å². The number of carbonyl (C=O) groups excluding carboxylic acids is 1. The van der Waals surface area contributed by atoms with E-state index < -0.39 is 0 Å². The zero-order chi connectivity index (χ0) is 15.1. The molecule has 116 valence electrons. The van der Waals surface area contributed by atoms with Crippen molar-refractivity contribution in [2.45, 2.75) is 31.6 Å². The van der Waals surface area contributed by atoms with Gasteiger partial charge in [-0.05, 0) is 17.4 Å².